The zero-order valence-electron chi connectivity index (χ0n) is 11.0. The first kappa shape index (κ1) is 12.9. The van der Waals surface area contributed by atoms with E-state index < -0.39 is 11.6 Å². The lowest BCUT2D eigenvalue weighted by Gasteiger charge is -2.30. The minimum atomic E-state index is -0.912. The lowest BCUT2D eigenvalue weighted by Crippen LogP contribution is -2.41. The quantitative estimate of drug-likeness (QED) is 0.874. The Morgan fingerprint density at radius 1 is 1.60 bits per heavy atom. The second kappa shape index (κ2) is 4.46. The number of fused-ring (bicyclic) bond motifs is 1. The molecule has 2 aromatic rings. The molecule has 0 radical (unpaired) electrons. The average molecular weight is 287 g/mol. The molecule has 5 nitrogen and oxygen atoms in total. The fourth-order valence-electron chi connectivity index (χ4n) is 2.76. The Kier molecular flexibility index (Phi) is 2.87. The summed E-state index contributed by atoms with van der Waals surface area (Å²) in [5, 5.41) is 19.2. The van der Waals surface area contributed by atoms with E-state index in [1.807, 2.05) is 19.1 Å². The third-order valence-corrected chi connectivity index (χ3v) is 5.15. The number of nitriles is 1. The number of aromatic nitrogens is 1. The maximum absolute atomic E-state index is 11.4. The maximum Gasteiger partial charge on any atom is 0.408 e. The summed E-state index contributed by atoms with van der Waals surface area (Å²) in [5.74, 6) is 0. The van der Waals surface area contributed by atoms with E-state index in [0.717, 1.165) is 22.5 Å². The Labute approximate surface area is 120 Å². The first-order valence-electron chi connectivity index (χ1n) is 6.37. The molecule has 0 aliphatic carbocycles. The molecule has 0 saturated carbocycles. The van der Waals surface area contributed by atoms with Crippen molar-refractivity contribution in [2.24, 2.45) is 0 Å². The molecule has 1 N–H and O–H groups in total. The molecule has 1 unspecified atom stereocenters. The van der Waals surface area contributed by atoms with Crippen LogP contribution in [0, 0.1) is 11.3 Å². The molecule has 0 bridgehead atoms. The summed E-state index contributed by atoms with van der Waals surface area (Å²) >= 11 is 1.48. The van der Waals surface area contributed by atoms with Crippen molar-refractivity contribution in [2.45, 2.75) is 25.3 Å². The number of para-hydroxylation sites is 1. The van der Waals surface area contributed by atoms with Crippen molar-refractivity contribution in [1.82, 2.24) is 9.88 Å². The number of amides is 1. The molecule has 1 fully saturated rings. The summed E-state index contributed by atoms with van der Waals surface area (Å²) in [6.45, 7) is 2.45. The van der Waals surface area contributed by atoms with Gasteiger partial charge in [-0.1, -0.05) is 6.07 Å². The molecule has 1 amide bonds. The van der Waals surface area contributed by atoms with E-state index in [1.54, 1.807) is 6.07 Å². The highest BCUT2D eigenvalue weighted by atomic mass is 32.1. The molecule has 20 heavy (non-hydrogen) atoms. The molecule has 1 aliphatic heterocycles. The predicted octanol–water partition coefficient (Wildman–Crippen LogP) is 3.16. The van der Waals surface area contributed by atoms with Crippen molar-refractivity contribution in [3.05, 3.63) is 28.8 Å². The summed E-state index contributed by atoms with van der Waals surface area (Å²) in [7, 11) is 0. The number of thiazole rings is 1. The topological polar surface area (TPSA) is 77.2 Å². The van der Waals surface area contributed by atoms with Crippen molar-refractivity contribution < 1.29 is 9.90 Å². The zero-order valence-corrected chi connectivity index (χ0v) is 11.8. The lowest BCUT2D eigenvalue weighted by molar-refractivity contribution is 0.109. The van der Waals surface area contributed by atoms with Gasteiger partial charge in [0.2, 0.25) is 0 Å². The SMILES string of the molecule is CC1(c2nc3c(C#N)cccc3s2)CCCN1C(=O)O. The van der Waals surface area contributed by atoms with Gasteiger partial charge in [0.25, 0.3) is 0 Å². The molecule has 1 aromatic heterocycles. The molecule has 6 heteroatoms. The number of carbonyl (C=O) groups is 1. The van der Waals surface area contributed by atoms with E-state index in [2.05, 4.69) is 11.1 Å². The van der Waals surface area contributed by atoms with E-state index in [-0.39, 0.29) is 0 Å². The minimum Gasteiger partial charge on any atom is -0.465 e. The van der Waals surface area contributed by atoms with Gasteiger partial charge >= 0.3 is 6.09 Å². The zero-order chi connectivity index (χ0) is 14.3. The van der Waals surface area contributed by atoms with E-state index in [9.17, 15) is 9.90 Å². The third-order valence-electron chi connectivity index (χ3n) is 3.87. The Bertz CT molecular complexity index is 734. The number of likely N-dealkylation sites (tertiary alicyclic amines) is 1. The van der Waals surface area contributed by atoms with Gasteiger partial charge in [0.15, 0.2) is 0 Å². The first-order valence-corrected chi connectivity index (χ1v) is 7.18. The van der Waals surface area contributed by atoms with Crippen LogP contribution in [0.25, 0.3) is 10.2 Å². The molecule has 3 rings (SSSR count). The molecule has 2 heterocycles. The molecular formula is C14H13N3O2S. The minimum absolute atomic E-state index is 0.535. The summed E-state index contributed by atoms with van der Waals surface area (Å²) in [5.41, 5.74) is 0.629. The van der Waals surface area contributed by atoms with Crippen molar-refractivity contribution in [1.29, 1.82) is 5.26 Å². The fraction of sp³-hybridized carbons (Fsp3) is 0.357. The van der Waals surface area contributed by atoms with Crippen LogP contribution in [0.4, 0.5) is 4.79 Å². The highest BCUT2D eigenvalue weighted by molar-refractivity contribution is 7.18. The van der Waals surface area contributed by atoms with Crippen molar-refractivity contribution >= 4 is 27.6 Å². The normalized spacial score (nSPS) is 22.1. The summed E-state index contributed by atoms with van der Waals surface area (Å²) in [6, 6.07) is 7.61. The van der Waals surface area contributed by atoms with Gasteiger partial charge in [0, 0.05) is 6.54 Å². The van der Waals surface area contributed by atoms with Crippen LogP contribution in [0.1, 0.15) is 30.3 Å². The third kappa shape index (κ3) is 1.74. The molecule has 1 saturated heterocycles. The number of hydrogen-bond acceptors (Lipinski definition) is 4. The van der Waals surface area contributed by atoms with Crippen LogP contribution in [-0.4, -0.2) is 27.6 Å². The van der Waals surface area contributed by atoms with Crippen LogP contribution in [0.2, 0.25) is 0 Å². The molecule has 1 aliphatic rings. The van der Waals surface area contributed by atoms with Gasteiger partial charge in [-0.2, -0.15) is 5.26 Å². The number of rotatable bonds is 1. The highest BCUT2D eigenvalue weighted by Crippen LogP contribution is 2.42. The molecule has 1 aromatic carbocycles. The number of carboxylic acid groups (broad SMARTS) is 1. The Balaban J connectivity index is 2.15. The highest BCUT2D eigenvalue weighted by Gasteiger charge is 2.43. The van der Waals surface area contributed by atoms with Crippen LogP contribution >= 0.6 is 11.3 Å². The molecule has 1 atom stereocenters. The first-order chi connectivity index (χ1) is 9.56. The summed E-state index contributed by atoms with van der Waals surface area (Å²) in [4.78, 5) is 17.4. The summed E-state index contributed by atoms with van der Waals surface area (Å²) in [6.07, 6.45) is 0.690. The van der Waals surface area contributed by atoms with Gasteiger partial charge in [-0.3, -0.25) is 4.90 Å². The lowest BCUT2D eigenvalue weighted by atomic mass is 10.0. The van der Waals surface area contributed by atoms with Crippen molar-refractivity contribution in [2.75, 3.05) is 6.54 Å². The van der Waals surface area contributed by atoms with Crippen molar-refractivity contribution in [3.63, 3.8) is 0 Å². The van der Waals surface area contributed by atoms with E-state index in [1.165, 1.54) is 16.2 Å². The van der Waals surface area contributed by atoms with Gasteiger partial charge in [-0.15, -0.1) is 11.3 Å². The van der Waals surface area contributed by atoms with Crippen LogP contribution < -0.4 is 0 Å². The van der Waals surface area contributed by atoms with Crippen molar-refractivity contribution in [3.8, 4) is 6.07 Å². The Morgan fingerprint density at radius 2 is 2.40 bits per heavy atom. The molecule has 0 spiro atoms. The smallest absolute Gasteiger partial charge is 0.408 e. The maximum atomic E-state index is 11.4. The predicted molar refractivity (Wildman–Crippen MR) is 75.7 cm³/mol. The second-order valence-corrected chi connectivity index (χ2v) is 6.13. The van der Waals surface area contributed by atoms with Gasteiger partial charge in [-0.05, 0) is 31.9 Å². The second-order valence-electron chi connectivity index (χ2n) is 5.09. The van der Waals surface area contributed by atoms with Gasteiger partial charge in [-0.25, -0.2) is 9.78 Å². The fourth-order valence-corrected chi connectivity index (χ4v) is 3.94. The van der Waals surface area contributed by atoms with Gasteiger partial charge in [0.1, 0.15) is 11.1 Å². The largest absolute Gasteiger partial charge is 0.465 e. The average Bonchev–Trinajstić information content (AvgIpc) is 3.02. The Morgan fingerprint density at radius 3 is 3.10 bits per heavy atom. The van der Waals surface area contributed by atoms with E-state index in [0.29, 0.717) is 17.6 Å². The molecule has 102 valence electrons. The van der Waals surface area contributed by atoms with Crippen LogP contribution in [0.5, 0.6) is 0 Å². The van der Waals surface area contributed by atoms with E-state index >= 15 is 0 Å². The van der Waals surface area contributed by atoms with Crippen LogP contribution in [0.3, 0.4) is 0 Å². The monoisotopic (exact) mass is 287 g/mol. The van der Waals surface area contributed by atoms with Crippen LogP contribution in [-0.2, 0) is 5.54 Å². The standard InChI is InChI=1S/C14H13N3O2S/c1-14(6-3-7-17(14)13(18)19)12-16-11-9(8-15)4-2-5-10(11)20-12/h2,4-5H,3,6-7H2,1H3,(H,18,19). The van der Waals surface area contributed by atoms with E-state index in [4.69, 9.17) is 5.26 Å². The number of hydrogen-bond donors (Lipinski definition) is 1. The summed E-state index contributed by atoms with van der Waals surface area (Å²) < 4.78 is 0.928. The Hall–Kier alpha value is -2.13. The van der Waals surface area contributed by atoms with Crippen LogP contribution in [0.15, 0.2) is 18.2 Å². The molecular weight excluding hydrogens is 274 g/mol. The number of nitrogens with zero attached hydrogens (tertiary/aromatic N) is 3. The van der Waals surface area contributed by atoms with Gasteiger partial charge in [0.05, 0.1) is 21.3 Å². The number of benzene rings is 1. The van der Waals surface area contributed by atoms with Gasteiger partial charge < -0.3 is 5.11 Å².